The van der Waals surface area contributed by atoms with Crippen molar-refractivity contribution in [1.82, 2.24) is 0 Å². The van der Waals surface area contributed by atoms with Crippen LogP contribution in [-0.2, 0) is 11.2 Å². The van der Waals surface area contributed by atoms with Gasteiger partial charge in [0.15, 0.2) is 0 Å². The average molecular weight is 397 g/mol. The molecule has 3 aromatic rings. The third kappa shape index (κ3) is 4.38. The normalized spacial score (nSPS) is 16.0. The van der Waals surface area contributed by atoms with Gasteiger partial charge < -0.3 is 4.74 Å². The number of rotatable bonds is 4. The Morgan fingerprint density at radius 1 is 0.933 bits per heavy atom. The van der Waals surface area contributed by atoms with Crippen LogP contribution >= 0.6 is 0 Å². The summed E-state index contributed by atoms with van der Waals surface area (Å²) in [4.78, 5) is 29.8. The predicted octanol–water partition coefficient (Wildman–Crippen LogP) is 5.10. The summed E-state index contributed by atoms with van der Waals surface area (Å²) in [5, 5.41) is 0. The average Bonchev–Trinajstić information content (AvgIpc) is 2.75. The van der Waals surface area contributed by atoms with Crippen molar-refractivity contribution in [3.63, 3.8) is 0 Å². The molecule has 1 heterocycles. The Kier molecular flexibility index (Phi) is 5.57. The fourth-order valence-corrected chi connectivity index (χ4v) is 3.64. The van der Waals surface area contributed by atoms with Crippen LogP contribution in [0.1, 0.15) is 39.0 Å². The summed E-state index contributed by atoms with van der Waals surface area (Å²) in [5.41, 5.74) is 5.22. The van der Waals surface area contributed by atoms with Gasteiger partial charge in [-0.3, -0.25) is 9.59 Å². The SMILES string of the molecule is Cc1ccc(C(C[C@@H]2Cc3cc(C)ccc3OC2=O)=NC(=O)c2ccccc2)cc1. The van der Waals surface area contributed by atoms with Crippen LogP contribution < -0.4 is 4.74 Å². The molecule has 4 rings (SSSR count). The third-order valence-electron chi connectivity index (χ3n) is 5.31. The number of ether oxygens (including phenoxy) is 1. The summed E-state index contributed by atoms with van der Waals surface area (Å²) >= 11 is 0. The molecule has 4 nitrogen and oxygen atoms in total. The van der Waals surface area contributed by atoms with Crippen molar-refractivity contribution in [3.05, 3.63) is 101 Å². The summed E-state index contributed by atoms with van der Waals surface area (Å²) in [6.45, 7) is 4.02. The number of aliphatic imine (C=N–C) groups is 1. The molecule has 4 heteroatoms. The molecule has 1 atom stereocenters. The molecule has 1 amide bonds. The van der Waals surface area contributed by atoms with Gasteiger partial charge in [-0.05, 0) is 49.6 Å². The summed E-state index contributed by atoms with van der Waals surface area (Å²) in [5.74, 6) is -0.358. The summed E-state index contributed by atoms with van der Waals surface area (Å²) in [6.07, 6.45) is 0.911. The number of nitrogens with zero attached hydrogens (tertiary/aromatic N) is 1. The Balaban J connectivity index is 1.66. The van der Waals surface area contributed by atoms with Gasteiger partial charge in [-0.25, -0.2) is 4.99 Å². The van der Waals surface area contributed by atoms with E-state index in [2.05, 4.69) is 4.99 Å². The van der Waals surface area contributed by atoms with Crippen molar-refractivity contribution in [3.8, 4) is 5.75 Å². The maximum absolute atomic E-state index is 12.8. The van der Waals surface area contributed by atoms with Gasteiger partial charge >= 0.3 is 5.97 Å². The van der Waals surface area contributed by atoms with E-state index in [9.17, 15) is 9.59 Å². The maximum Gasteiger partial charge on any atom is 0.315 e. The molecule has 0 aliphatic carbocycles. The topological polar surface area (TPSA) is 55.7 Å². The molecule has 30 heavy (non-hydrogen) atoms. The summed E-state index contributed by atoms with van der Waals surface area (Å²) < 4.78 is 5.57. The van der Waals surface area contributed by atoms with Crippen LogP contribution in [0.5, 0.6) is 5.75 Å². The largest absolute Gasteiger partial charge is 0.426 e. The number of carbonyl (C=O) groups excluding carboxylic acids is 2. The molecular weight excluding hydrogens is 374 g/mol. The molecule has 0 radical (unpaired) electrons. The van der Waals surface area contributed by atoms with Crippen LogP contribution in [0.25, 0.3) is 0 Å². The van der Waals surface area contributed by atoms with Crippen LogP contribution in [0.2, 0.25) is 0 Å². The van der Waals surface area contributed by atoms with Crippen molar-refractivity contribution < 1.29 is 14.3 Å². The quantitative estimate of drug-likeness (QED) is 0.350. The van der Waals surface area contributed by atoms with Gasteiger partial charge in [0.25, 0.3) is 5.91 Å². The predicted molar refractivity (Wildman–Crippen MR) is 117 cm³/mol. The second-order valence-electron chi connectivity index (χ2n) is 7.73. The zero-order chi connectivity index (χ0) is 21.1. The molecule has 150 valence electrons. The molecule has 0 bridgehead atoms. The molecule has 0 saturated heterocycles. The highest BCUT2D eigenvalue weighted by molar-refractivity contribution is 6.11. The number of esters is 1. The Hall–Kier alpha value is -3.53. The highest BCUT2D eigenvalue weighted by Gasteiger charge is 2.30. The van der Waals surface area contributed by atoms with Crippen LogP contribution in [0, 0.1) is 19.8 Å². The summed E-state index contributed by atoms with van der Waals surface area (Å²) in [6, 6.07) is 22.6. The fourth-order valence-electron chi connectivity index (χ4n) is 3.64. The lowest BCUT2D eigenvalue weighted by molar-refractivity contribution is -0.139. The van der Waals surface area contributed by atoms with Gasteiger partial charge in [0.2, 0.25) is 0 Å². The number of aryl methyl sites for hydroxylation is 2. The second-order valence-corrected chi connectivity index (χ2v) is 7.73. The first kappa shape index (κ1) is 19.8. The van der Waals surface area contributed by atoms with E-state index < -0.39 is 0 Å². The number of benzene rings is 3. The second kappa shape index (κ2) is 8.46. The van der Waals surface area contributed by atoms with Crippen molar-refractivity contribution in [1.29, 1.82) is 0 Å². The zero-order valence-corrected chi connectivity index (χ0v) is 17.1. The molecule has 1 aliphatic rings. The molecular formula is C26H23NO3. The van der Waals surface area contributed by atoms with Gasteiger partial charge in [0.1, 0.15) is 5.75 Å². The first-order valence-corrected chi connectivity index (χ1v) is 10.0. The molecule has 0 N–H and O–H groups in total. The monoisotopic (exact) mass is 397 g/mol. The lowest BCUT2D eigenvalue weighted by Gasteiger charge is -2.24. The molecule has 0 unspecified atom stereocenters. The number of hydrogen-bond donors (Lipinski definition) is 0. The fraction of sp³-hybridized carbons (Fsp3) is 0.192. The van der Waals surface area contributed by atoms with Gasteiger partial charge in [-0.15, -0.1) is 0 Å². The standard InChI is InChI=1S/C26H23NO3/c1-17-8-11-19(12-9-17)23(27-25(28)20-6-4-3-5-7-20)16-22-15-21-14-18(2)10-13-24(21)30-26(22)29/h3-14,22H,15-16H2,1-2H3/t22-/m0/s1. The number of carbonyl (C=O) groups is 2. The first-order valence-electron chi connectivity index (χ1n) is 10.0. The van der Waals surface area contributed by atoms with E-state index in [1.54, 1.807) is 12.1 Å². The molecule has 0 saturated carbocycles. The zero-order valence-electron chi connectivity index (χ0n) is 17.1. The minimum Gasteiger partial charge on any atom is -0.426 e. The van der Waals surface area contributed by atoms with Gasteiger partial charge in [-0.2, -0.15) is 0 Å². The van der Waals surface area contributed by atoms with E-state index in [4.69, 9.17) is 4.74 Å². The van der Waals surface area contributed by atoms with Gasteiger partial charge in [0, 0.05) is 12.0 Å². The highest BCUT2D eigenvalue weighted by Crippen LogP contribution is 2.31. The van der Waals surface area contributed by atoms with Crippen LogP contribution in [-0.4, -0.2) is 17.6 Å². The minimum atomic E-state index is -0.386. The van der Waals surface area contributed by atoms with E-state index in [-0.39, 0.29) is 17.8 Å². The highest BCUT2D eigenvalue weighted by atomic mass is 16.5. The molecule has 3 aromatic carbocycles. The Morgan fingerprint density at radius 2 is 1.63 bits per heavy atom. The number of hydrogen-bond acceptors (Lipinski definition) is 3. The number of amides is 1. The van der Waals surface area contributed by atoms with Crippen LogP contribution in [0.3, 0.4) is 0 Å². The Morgan fingerprint density at radius 3 is 2.37 bits per heavy atom. The van der Waals surface area contributed by atoms with Crippen LogP contribution in [0.15, 0.2) is 77.8 Å². The van der Waals surface area contributed by atoms with Gasteiger partial charge in [-0.1, -0.05) is 65.7 Å². The maximum atomic E-state index is 12.8. The van der Waals surface area contributed by atoms with Crippen molar-refractivity contribution in [2.24, 2.45) is 10.9 Å². The van der Waals surface area contributed by atoms with E-state index in [1.165, 1.54) is 0 Å². The summed E-state index contributed by atoms with van der Waals surface area (Å²) in [7, 11) is 0. The van der Waals surface area contributed by atoms with Gasteiger partial charge in [0.05, 0.1) is 11.6 Å². The van der Waals surface area contributed by atoms with E-state index in [0.29, 0.717) is 29.9 Å². The van der Waals surface area contributed by atoms with Crippen molar-refractivity contribution in [2.75, 3.05) is 0 Å². The van der Waals surface area contributed by atoms with E-state index in [1.807, 2.05) is 74.5 Å². The smallest absolute Gasteiger partial charge is 0.315 e. The van der Waals surface area contributed by atoms with E-state index in [0.717, 1.165) is 22.3 Å². The lowest BCUT2D eigenvalue weighted by atomic mass is 9.89. The lowest BCUT2D eigenvalue weighted by Crippen LogP contribution is -2.30. The molecule has 0 spiro atoms. The van der Waals surface area contributed by atoms with E-state index >= 15 is 0 Å². The number of fused-ring (bicyclic) bond motifs is 1. The van der Waals surface area contributed by atoms with Crippen LogP contribution in [0.4, 0.5) is 0 Å². The Bertz CT molecular complexity index is 1110. The molecule has 0 fully saturated rings. The molecule has 1 aliphatic heterocycles. The minimum absolute atomic E-state index is 0.279. The third-order valence-corrected chi connectivity index (χ3v) is 5.31. The first-order chi connectivity index (χ1) is 14.5. The Labute approximate surface area is 176 Å². The molecule has 0 aromatic heterocycles. The van der Waals surface area contributed by atoms with Crippen molar-refractivity contribution >= 4 is 17.6 Å². The van der Waals surface area contributed by atoms with Crippen molar-refractivity contribution in [2.45, 2.75) is 26.7 Å².